The van der Waals surface area contributed by atoms with Crippen molar-refractivity contribution < 1.29 is 33.0 Å². The molecule has 1 amide bonds. The summed E-state index contributed by atoms with van der Waals surface area (Å²) in [4.78, 5) is 36.4. The van der Waals surface area contributed by atoms with E-state index in [0.717, 1.165) is 10.7 Å². The monoisotopic (exact) mass is 465 g/mol. The van der Waals surface area contributed by atoms with Crippen molar-refractivity contribution in [2.75, 3.05) is 0 Å². The van der Waals surface area contributed by atoms with Crippen LogP contribution in [0, 0.1) is 0 Å². The first kappa shape index (κ1) is 21.4. The van der Waals surface area contributed by atoms with Crippen molar-refractivity contribution in [2.24, 2.45) is 0 Å². The number of alkyl halides is 2. The Morgan fingerprint density at radius 2 is 1.91 bits per heavy atom. The van der Waals surface area contributed by atoms with E-state index >= 15 is 0 Å². The molecule has 2 heterocycles. The van der Waals surface area contributed by atoms with Crippen molar-refractivity contribution in [3.8, 4) is 17.2 Å². The van der Waals surface area contributed by atoms with Crippen LogP contribution in [0.15, 0.2) is 53.3 Å². The topological polar surface area (TPSA) is 123 Å². The van der Waals surface area contributed by atoms with Crippen molar-refractivity contribution in [1.29, 1.82) is 0 Å². The molecule has 0 saturated carbocycles. The molecule has 0 radical (unpaired) electrons. The third kappa shape index (κ3) is 4.28. The smallest absolute Gasteiger partial charge is 0.481 e. The molecule has 4 rings (SSSR count). The van der Waals surface area contributed by atoms with E-state index in [1.54, 1.807) is 24.3 Å². The molecule has 9 nitrogen and oxygen atoms in total. The number of benzene rings is 2. The van der Waals surface area contributed by atoms with E-state index in [0.29, 0.717) is 10.7 Å². The summed E-state index contributed by atoms with van der Waals surface area (Å²) in [5, 5.41) is 14.8. The van der Waals surface area contributed by atoms with E-state index < -0.39 is 36.2 Å². The van der Waals surface area contributed by atoms with Crippen LogP contribution in [0.3, 0.4) is 0 Å². The van der Waals surface area contributed by atoms with Crippen molar-refractivity contribution in [3.63, 3.8) is 0 Å². The largest absolute Gasteiger partial charge is 0.586 e. The highest BCUT2D eigenvalue weighted by atomic mass is 35.5. The number of halogens is 3. The van der Waals surface area contributed by atoms with Gasteiger partial charge in [0.15, 0.2) is 11.5 Å². The summed E-state index contributed by atoms with van der Waals surface area (Å²) >= 11 is 5.83. The SMILES string of the molecule is O=C(O)CC(NC(=O)c1cc(=O)n(-c2ccc(Cl)cc2)[nH]1)c1cccc2c1OC(F)(F)O2. The fraction of sp³-hybridized carbons (Fsp3) is 0.150. The zero-order valence-corrected chi connectivity index (χ0v) is 16.7. The average molecular weight is 466 g/mol. The molecule has 0 fully saturated rings. The molecule has 166 valence electrons. The molecule has 32 heavy (non-hydrogen) atoms. The number of hydrogen-bond acceptors (Lipinski definition) is 5. The molecule has 1 unspecified atom stereocenters. The lowest BCUT2D eigenvalue weighted by atomic mass is 10.0. The average Bonchev–Trinajstić information content (AvgIpc) is 3.25. The third-order valence-electron chi connectivity index (χ3n) is 4.57. The second-order valence-corrected chi connectivity index (χ2v) is 7.22. The summed E-state index contributed by atoms with van der Waals surface area (Å²) in [6, 6.07) is 9.91. The van der Waals surface area contributed by atoms with Crippen molar-refractivity contribution >= 4 is 23.5 Å². The number of carbonyl (C=O) groups excluding carboxylic acids is 1. The standard InChI is InChI=1S/C20H14ClF2N3O6/c21-10-4-6-11(7-5-10)26-16(27)8-14(25-26)19(30)24-13(9-17(28)29)12-2-1-3-15-18(12)32-20(22,23)31-15/h1-8,13,25H,9H2,(H,24,30)(H,28,29). The Balaban J connectivity index is 1.63. The number of rotatable bonds is 6. The quantitative estimate of drug-likeness (QED) is 0.514. The Bertz CT molecular complexity index is 1250. The van der Waals surface area contributed by atoms with Crippen LogP contribution in [0.1, 0.15) is 28.5 Å². The van der Waals surface area contributed by atoms with Gasteiger partial charge < -0.3 is 19.9 Å². The maximum Gasteiger partial charge on any atom is 0.586 e. The van der Waals surface area contributed by atoms with Gasteiger partial charge in [-0.1, -0.05) is 23.7 Å². The predicted molar refractivity (Wildman–Crippen MR) is 107 cm³/mol. The van der Waals surface area contributed by atoms with Gasteiger partial charge in [0.25, 0.3) is 11.5 Å². The molecule has 1 aliphatic rings. The van der Waals surface area contributed by atoms with Crippen LogP contribution in [0.2, 0.25) is 5.02 Å². The van der Waals surface area contributed by atoms with Crippen LogP contribution in [0.4, 0.5) is 8.78 Å². The van der Waals surface area contributed by atoms with E-state index in [-0.39, 0.29) is 22.8 Å². The molecule has 3 N–H and O–H groups in total. The zero-order chi connectivity index (χ0) is 23.0. The molecule has 3 aromatic rings. The fourth-order valence-electron chi connectivity index (χ4n) is 3.21. The first-order chi connectivity index (χ1) is 15.1. The highest BCUT2D eigenvalue weighted by Crippen LogP contribution is 2.45. The number of para-hydroxylation sites is 1. The summed E-state index contributed by atoms with van der Waals surface area (Å²) in [5.74, 6) is -2.80. The molecular formula is C20H14ClF2N3O6. The normalized spacial score (nSPS) is 14.7. The Kier molecular flexibility index (Phi) is 5.35. The fourth-order valence-corrected chi connectivity index (χ4v) is 3.33. The molecule has 1 aromatic heterocycles. The first-order valence-electron chi connectivity index (χ1n) is 9.12. The number of carbonyl (C=O) groups is 2. The van der Waals surface area contributed by atoms with Gasteiger partial charge in [0, 0.05) is 16.7 Å². The van der Waals surface area contributed by atoms with Crippen LogP contribution < -0.4 is 20.3 Å². The zero-order valence-electron chi connectivity index (χ0n) is 16.0. The summed E-state index contributed by atoms with van der Waals surface area (Å²) in [6.45, 7) is 0. The van der Waals surface area contributed by atoms with E-state index in [1.807, 2.05) is 0 Å². The number of hydrogen-bond donors (Lipinski definition) is 3. The van der Waals surface area contributed by atoms with Crippen LogP contribution in [0.25, 0.3) is 5.69 Å². The Morgan fingerprint density at radius 3 is 2.59 bits per heavy atom. The number of nitrogens with zero attached hydrogens (tertiary/aromatic N) is 1. The van der Waals surface area contributed by atoms with Crippen LogP contribution in [-0.4, -0.2) is 33.1 Å². The van der Waals surface area contributed by atoms with Gasteiger partial charge in [-0.3, -0.25) is 19.5 Å². The van der Waals surface area contributed by atoms with Gasteiger partial charge in [0.05, 0.1) is 18.2 Å². The van der Waals surface area contributed by atoms with Gasteiger partial charge in [-0.05, 0) is 30.3 Å². The lowest BCUT2D eigenvalue weighted by Crippen LogP contribution is -2.31. The molecule has 0 spiro atoms. The summed E-state index contributed by atoms with van der Waals surface area (Å²) < 4.78 is 37.0. The molecule has 2 aromatic carbocycles. The Hall–Kier alpha value is -3.86. The van der Waals surface area contributed by atoms with Crippen molar-refractivity contribution in [1.82, 2.24) is 15.1 Å². The lowest BCUT2D eigenvalue weighted by Gasteiger charge is -2.18. The highest BCUT2D eigenvalue weighted by Gasteiger charge is 2.45. The summed E-state index contributed by atoms with van der Waals surface area (Å²) in [6.07, 6.45) is -4.56. The van der Waals surface area contributed by atoms with Gasteiger partial charge in [-0.25, -0.2) is 4.68 Å². The molecular weight excluding hydrogens is 452 g/mol. The summed E-state index contributed by atoms with van der Waals surface area (Å²) in [5.41, 5.74) is -0.330. The molecule has 0 saturated heterocycles. The summed E-state index contributed by atoms with van der Waals surface area (Å²) in [7, 11) is 0. The molecule has 0 aliphatic carbocycles. The predicted octanol–water partition coefficient (Wildman–Crippen LogP) is 3.09. The van der Waals surface area contributed by atoms with Crippen LogP contribution in [0.5, 0.6) is 11.5 Å². The van der Waals surface area contributed by atoms with Gasteiger partial charge >= 0.3 is 12.3 Å². The number of carboxylic acids is 1. The van der Waals surface area contributed by atoms with E-state index in [4.69, 9.17) is 11.6 Å². The third-order valence-corrected chi connectivity index (χ3v) is 4.82. The first-order valence-corrected chi connectivity index (χ1v) is 9.50. The van der Waals surface area contributed by atoms with Crippen molar-refractivity contribution in [3.05, 3.63) is 75.2 Å². The van der Waals surface area contributed by atoms with E-state index in [2.05, 4.69) is 19.9 Å². The Morgan fingerprint density at radius 1 is 1.19 bits per heavy atom. The van der Waals surface area contributed by atoms with E-state index in [1.165, 1.54) is 18.2 Å². The number of H-pyrrole nitrogens is 1. The van der Waals surface area contributed by atoms with Crippen molar-refractivity contribution in [2.45, 2.75) is 18.8 Å². The number of aromatic nitrogens is 2. The minimum atomic E-state index is -3.92. The number of nitrogens with one attached hydrogen (secondary N) is 2. The molecule has 1 atom stereocenters. The second kappa shape index (κ2) is 8.00. The highest BCUT2D eigenvalue weighted by molar-refractivity contribution is 6.30. The number of ether oxygens (including phenoxy) is 2. The number of amides is 1. The van der Waals surface area contributed by atoms with Gasteiger partial charge in [-0.15, -0.1) is 8.78 Å². The minimum Gasteiger partial charge on any atom is -0.481 e. The lowest BCUT2D eigenvalue weighted by molar-refractivity contribution is -0.287. The van der Waals surface area contributed by atoms with E-state index in [9.17, 15) is 28.3 Å². The van der Waals surface area contributed by atoms with Gasteiger partial charge in [-0.2, -0.15) is 0 Å². The second-order valence-electron chi connectivity index (χ2n) is 6.79. The van der Waals surface area contributed by atoms with Gasteiger partial charge in [0.1, 0.15) is 5.69 Å². The Labute approximate surface area is 183 Å². The maximum absolute atomic E-state index is 13.5. The van der Waals surface area contributed by atoms with Crippen LogP contribution >= 0.6 is 11.6 Å². The minimum absolute atomic E-state index is 0.0186. The van der Waals surface area contributed by atoms with Crippen LogP contribution in [-0.2, 0) is 4.79 Å². The number of fused-ring (bicyclic) bond motifs is 1. The number of aliphatic carboxylic acids is 1. The molecule has 12 heteroatoms. The number of carboxylic acid groups (broad SMARTS) is 1. The maximum atomic E-state index is 13.5. The molecule has 0 bridgehead atoms. The molecule has 1 aliphatic heterocycles. The van der Waals surface area contributed by atoms with Gasteiger partial charge in [0.2, 0.25) is 0 Å². The number of aromatic amines is 1.